The average Bonchev–Trinajstić information content (AvgIpc) is 2.16. The van der Waals surface area contributed by atoms with Crippen LogP contribution in [0.25, 0.3) is 10.9 Å². The second-order valence-corrected chi connectivity index (χ2v) is 4.86. The maximum atomic E-state index is 11.7. The van der Waals surface area contributed by atoms with E-state index in [4.69, 9.17) is 11.6 Å². The van der Waals surface area contributed by atoms with Gasteiger partial charge in [-0.1, -0.05) is 11.6 Å². The molecule has 0 aliphatic rings. The predicted molar refractivity (Wildman–Crippen MR) is 65.0 cm³/mol. The summed E-state index contributed by atoms with van der Waals surface area (Å²) in [5, 5.41) is 1.10. The van der Waals surface area contributed by atoms with Crippen molar-refractivity contribution in [1.82, 2.24) is 4.98 Å². The van der Waals surface area contributed by atoms with Crippen molar-refractivity contribution in [2.45, 2.75) is 0 Å². The predicted octanol–water partition coefficient (Wildman–Crippen LogP) is 3.71. The van der Waals surface area contributed by atoms with Gasteiger partial charge >= 0.3 is 0 Å². The Bertz CT molecular complexity index is 564. The summed E-state index contributed by atoms with van der Waals surface area (Å²) in [5.41, 5.74) is 0.572. The number of hydrogen-bond donors (Lipinski definition) is 1. The van der Waals surface area contributed by atoms with Crippen LogP contribution < -0.4 is 5.43 Å². The number of hydrogen-bond acceptors (Lipinski definition) is 1. The van der Waals surface area contributed by atoms with E-state index in [0.29, 0.717) is 20.4 Å². The Morgan fingerprint density at radius 3 is 2.64 bits per heavy atom. The van der Waals surface area contributed by atoms with Gasteiger partial charge in [-0.15, -0.1) is 0 Å². The van der Waals surface area contributed by atoms with Crippen LogP contribution in [0.1, 0.15) is 0 Å². The number of aromatic amines is 1. The van der Waals surface area contributed by atoms with E-state index in [-0.39, 0.29) is 5.43 Å². The van der Waals surface area contributed by atoms with Crippen molar-refractivity contribution in [3.05, 3.63) is 42.5 Å². The van der Waals surface area contributed by atoms with Crippen molar-refractivity contribution < 1.29 is 0 Å². The van der Waals surface area contributed by atoms with Crippen molar-refractivity contribution in [2.75, 3.05) is 0 Å². The summed E-state index contributed by atoms with van der Waals surface area (Å²) in [6.45, 7) is 0. The Morgan fingerprint density at radius 1 is 1.21 bits per heavy atom. The molecule has 1 aromatic carbocycles. The van der Waals surface area contributed by atoms with Gasteiger partial charge in [0.05, 0.1) is 20.4 Å². The molecule has 14 heavy (non-hydrogen) atoms. The van der Waals surface area contributed by atoms with Crippen molar-refractivity contribution >= 4 is 54.4 Å². The second-order valence-electron chi connectivity index (χ2n) is 2.74. The summed E-state index contributed by atoms with van der Waals surface area (Å²) in [4.78, 5) is 14.7. The molecule has 0 saturated carbocycles. The van der Waals surface area contributed by atoms with E-state index in [1.807, 2.05) is 0 Å². The lowest BCUT2D eigenvalue weighted by atomic mass is 10.2. The highest BCUT2D eigenvalue weighted by Gasteiger charge is 2.08. The molecule has 1 aromatic heterocycles. The van der Waals surface area contributed by atoms with Crippen LogP contribution in [0.5, 0.6) is 0 Å². The zero-order valence-electron chi connectivity index (χ0n) is 6.77. The minimum atomic E-state index is -0.0758. The van der Waals surface area contributed by atoms with Gasteiger partial charge in [0.1, 0.15) is 0 Å². The van der Waals surface area contributed by atoms with Gasteiger partial charge in [-0.05, 0) is 44.0 Å². The molecule has 0 bridgehead atoms. The Balaban J connectivity index is 3.09. The molecule has 0 spiro atoms. The third-order valence-electron chi connectivity index (χ3n) is 1.89. The summed E-state index contributed by atoms with van der Waals surface area (Å²) in [6.07, 6.45) is 1.59. The molecule has 0 aliphatic heterocycles. The monoisotopic (exact) mass is 335 g/mol. The molecular formula is C9H4Br2ClNO. The number of fused-ring (bicyclic) bond motifs is 1. The van der Waals surface area contributed by atoms with E-state index < -0.39 is 0 Å². The van der Waals surface area contributed by atoms with Gasteiger partial charge in [0.15, 0.2) is 0 Å². The molecule has 2 nitrogen and oxygen atoms in total. The molecule has 0 saturated heterocycles. The minimum Gasteiger partial charge on any atom is -0.359 e. The maximum Gasteiger partial charge on any atom is 0.204 e. The molecule has 0 radical (unpaired) electrons. The Hall–Kier alpha value is -0.320. The first-order chi connectivity index (χ1) is 6.61. The molecule has 1 heterocycles. The van der Waals surface area contributed by atoms with E-state index in [9.17, 15) is 4.79 Å². The fraction of sp³-hybridized carbons (Fsp3) is 0. The minimum absolute atomic E-state index is 0.0758. The SMILES string of the molecule is O=c1c(Br)c[nH]c2c(Cl)ccc(Br)c12. The largest absolute Gasteiger partial charge is 0.359 e. The van der Waals surface area contributed by atoms with E-state index in [1.54, 1.807) is 18.3 Å². The Labute approximate surface area is 102 Å². The van der Waals surface area contributed by atoms with Crippen LogP contribution in [0.4, 0.5) is 0 Å². The van der Waals surface area contributed by atoms with Crippen LogP contribution in [0, 0.1) is 0 Å². The second kappa shape index (κ2) is 3.68. The first kappa shape index (κ1) is 10.2. The van der Waals surface area contributed by atoms with Gasteiger partial charge in [0.2, 0.25) is 5.43 Å². The summed E-state index contributed by atoms with van der Waals surface area (Å²) in [7, 11) is 0. The number of halogens is 3. The highest BCUT2D eigenvalue weighted by Crippen LogP contribution is 2.26. The zero-order chi connectivity index (χ0) is 10.3. The normalized spacial score (nSPS) is 10.8. The van der Waals surface area contributed by atoms with Crippen LogP contribution in [0.2, 0.25) is 5.02 Å². The molecule has 1 N–H and O–H groups in total. The zero-order valence-corrected chi connectivity index (χ0v) is 10.7. The molecular weight excluding hydrogens is 333 g/mol. The average molecular weight is 337 g/mol. The molecule has 0 atom stereocenters. The number of rotatable bonds is 0. The van der Waals surface area contributed by atoms with E-state index in [0.717, 1.165) is 4.47 Å². The van der Waals surface area contributed by atoms with E-state index >= 15 is 0 Å². The molecule has 2 rings (SSSR count). The van der Waals surface area contributed by atoms with Gasteiger partial charge < -0.3 is 4.98 Å². The first-order valence-corrected chi connectivity index (χ1v) is 5.72. The van der Waals surface area contributed by atoms with Crippen LogP contribution in [0.15, 0.2) is 32.1 Å². The van der Waals surface area contributed by atoms with E-state index in [2.05, 4.69) is 36.8 Å². The topological polar surface area (TPSA) is 32.9 Å². The molecule has 5 heteroatoms. The number of pyridine rings is 1. The van der Waals surface area contributed by atoms with Crippen LogP contribution in [-0.4, -0.2) is 4.98 Å². The lowest BCUT2D eigenvalue weighted by Crippen LogP contribution is -2.04. The highest BCUT2D eigenvalue weighted by atomic mass is 79.9. The standard InChI is InChI=1S/C9H4Br2ClNO/c10-4-1-2-6(12)8-7(4)9(14)5(11)3-13-8/h1-3H,(H,13,14). The van der Waals surface area contributed by atoms with Crippen molar-refractivity contribution in [2.24, 2.45) is 0 Å². The number of nitrogens with one attached hydrogen (secondary N) is 1. The molecule has 72 valence electrons. The lowest BCUT2D eigenvalue weighted by Gasteiger charge is -2.02. The summed E-state index contributed by atoms with van der Waals surface area (Å²) in [5.74, 6) is 0. The number of benzene rings is 1. The fourth-order valence-electron chi connectivity index (χ4n) is 1.24. The van der Waals surface area contributed by atoms with E-state index in [1.165, 1.54) is 0 Å². The quantitative estimate of drug-likeness (QED) is 0.781. The van der Waals surface area contributed by atoms with Crippen LogP contribution in [-0.2, 0) is 0 Å². The molecule has 0 amide bonds. The fourth-order valence-corrected chi connectivity index (χ4v) is 2.27. The smallest absolute Gasteiger partial charge is 0.204 e. The summed E-state index contributed by atoms with van der Waals surface area (Å²) < 4.78 is 1.23. The molecule has 2 aromatic rings. The molecule has 0 unspecified atom stereocenters. The van der Waals surface area contributed by atoms with Crippen LogP contribution in [0.3, 0.4) is 0 Å². The van der Waals surface area contributed by atoms with Gasteiger partial charge in [-0.3, -0.25) is 4.79 Å². The number of aromatic nitrogens is 1. The van der Waals surface area contributed by atoms with Gasteiger partial charge in [0, 0.05) is 10.7 Å². The Morgan fingerprint density at radius 2 is 1.93 bits per heavy atom. The highest BCUT2D eigenvalue weighted by molar-refractivity contribution is 9.11. The Kier molecular flexibility index (Phi) is 2.68. The molecule has 0 aliphatic carbocycles. The van der Waals surface area contributed by atoms with Crippen molar-refractivity contribution in [3.63, 3.8) is 0 Å². The lowest BCUT2D eigenvalue weighted by molar-refractivity contribution is 1.36. The third-order valence-corrected chi connectivity index (χ3v) is 3.46. The summed E-state index contributed by atoms with van der Waals surface area (Å²) in [6, 6.07) is 3.49. The van der Waals surface area contributed by atoms with Crippen molar-refractivity contribution in [3.8, 4) is 0 Å². The van der Waals surface area contributed by atoms with Crippen LogP contribution >= 0.6 is 43.5 Å². The van der Waals surface area contributed by atoms with Gasteiger partial charge in [0.25, 0.3) is 0 Å². The van der Waals surface area contributed by atoms with Crippen molar-refractivity contribution in [1.29, 1.82) is 0 Å². The summed E-state index contributed by atoms with van der Waals surface area (Å²) >= 11 is 12.4. The third kappa shape index (κ3) is 1.51. The van der Waals surface area contributed by atoms with Gasteiger partial charge in [-0.25, -0.2) is 0 Å². The first-order valence-electron chi connectivity index (χ1n) is 3.76. The maximum absolute atomic E-state index is 11.7. The molecule has 0 fully saturated rings. The van der Waals surface area contributed by atoms with Gasteiger partial charge in [-0.2, -0.15) is 0 Å². The number of H-pyrrole nitrogens is 1.